The third-order valence-electron chi connectivity index (χ3n) is 2.71. The largest absolute Gasteiger partial charge is 0.476 e. The van der Waals surface area contributed by atoms with Crippen LogP contribution in [0.25, 0.3) is 0 Å². The Morgan fingerprint density at radius 3 is 2.71 bits per heavy atom. The monoisotopic (exact) mass is 328 g/mol. The van der Waals surface area contributed by atoms with Crippen molar-refractivity contribution in [1.29, 1.82) is 0 Å². The number of ether oxygens (including phenoxy) is 1. The molecule has 1 aromatic heterocycles. The Bertz CT molecular complexity index is 712. The van der Waals surface area contributed by atoms with Gasteiger partial charge in [0.15, 0.2) is 11.4 Å². The van der Waals surface area contributed by atoms with Gasteiger partial charge in [0.1, 0.15) is 5.82 Å². The number of methoxy groups -OCH3 is 1. The van der Waals surface area contributed by atoms with Crippen molar-refractivity contribution >= 4 is 35.1 Å². The molecule has 2 N–H and O–H groups in total. The number of carboxylic acid groups (broad SMARTS) is 1. The van der Waals surface area contributed by atoms with E-state index in [4.69, 9.17) is 28.3 Å². The van der Waals surface area contributed by atoms with Crippen molar-refractivity contribution < 1.29 is 19.4 Å². The van der Waals surface area contributed by atoms with Crippen LogP contribution in [0.15, 0.2) is 18.2 Å². The molecule has 1 aromatic carbocycles. The van der Waals surface area contributed by atoms with Crippen molar-refractivity contribution in [3.63, 3.8) is 0 Å². The first kappa shape index (κ1) is 15.3. The van der Waals surface area contributed by atoms with Crippen LogP contribution in [-0.2, 0) is 11.2 Å². The molecule has 6 nitrogen and oxygen atoms in total. The molecule has 8 heteroatoms. The summed E-state index contributed by atoms with van der Waals surface area (Å²) < 4.78 is 4.51. The zero-order chi connectivity index (χ0) is 15.6. The lowest BCUT2D eigenvalue weighted by Crippen LogP contribution is -2.09. The van der Waals surface area contributed by atoms with Crippen molar-refractivity contribution in [3.8, 4) is 0 Å². The first-order valence-corrected chi connectivity index (χ1v) is 6.52. The second-order valence-corrected chi connectivity index (χ2v) is 4.96. The molecule has 1 heterocycles. The van der Waals surface area contributed by atoms with Crippen LogP contribution in [0.2, 0.25) is 10.0 Å². The quantitative estimate of drug-likeness (QED) is 0.842. The summed E-state index contributed by atoms with van der Waals surface area (Å²) in [4.78, 5) is 29.1. The normalized spacial score (nSPS) is 10.4. The second-order valence-electron chi connectivity index (χ2n) is 4.12. The topological polar surface area (TPSA) is 92.3 Å². The van der Waals surface area contributed by atoms with E-state index in [-0.39, 0.29) is 17.9 Å². The summed E-state index contributed by atoms with van der Waals surface area (Å²) >= 11 is 11.9. The van der Waals surface area contributed by atoms with Gasteiger partial charge in [0.05, 0.1) is 7.11 Å². The Balaban J connectivity index is 2.39. The van der Waals surface area contributed by atoms with Crippen molar-refractivity contribution in [3.05, 3.63) is 51.0 Å². The number of aromatic nitrogens is 2. The van der Waals surface area contributed by atoms with Crippen LogP contribution >= 0.6 is 23.2 Å². The van der Waals surface area contributed by atoms with Crippen molar-refractivity contribution in [2.24, 2.45) is 0 Å². The van der Waals surface area contributed by atoms with Gasteiger partial charge < -0.3 is 14.8 Å². The van der Waals surface area contributed by atoms with E-state index >= 15 is 0 Å². The maximum Gasteiger partial charge on any atom is 0.357 e. The summed E-state index contributed by atoms with van der Waals surface area (Å²) in [7, 11) is 1.16. The standard InChI is InChI=1S/C13H10Cl2N2O4/c1-21-13(20)11-10(12(18)19)16-9(17-11)5-6-4-7(14)2-3-8(6)15/h2-4H,5H2,1H3,(H,16,17)(H,18,19). The number of esters is 1. The Hall–Kier alpha value is -2.05. The zero-order valence-electron chi connectivity index (χ0n) is 10.8. The van der Waals surface area contributed by atoms with Gasteiger partial charge in [0, 0.05) is 16.5 Å². The van der Waals surface area contributed by atoms with Gasteiger partial charge in [-0.2, -0.15) is 0 Å². The minimum Gasteiger partial charge on any atom is -0.476 e. The average Bonchev–Trinajstić information content (AvgIpc) is 2.86. The number of nitrogens with one attached hydrogen (secondary N) is 1. The molecule has 0 amide bonds. The predicted octanol–water partition coefficient (Wildman–Crippen LogP) is 2.79. The first-order chi connectivity index (χ1) is 9.92. The first-order valence-electron chi connectivity index (χ1n) is 5.76. The van der Waals surface area contributed by atoms with Crippen molar-refractivity contribution in [2.75, 3.05) is 7.11 Å². The lowest BCUT2D eigenvalue weighted by Gasteiger charge is -2.02. The molecule has 0 unspecified atom stereocenters. The molecule has 0 spiro atoms. The number of hydrogen-bond acceptors (Lipinski definition) is 4. The molecule has 0 aliphatic rings. The highest BCUT2D eigenvalue weighted by atomic mass is 35.5. The van der Waals surface area contributed by atoms with E-state index in [1.165, 1.54) is 0 Å². The highest BCUT2D eigenvalue weighted by Gasteiger charge is 2.23. The molecule has 2 rings (SSSR count). The van der Waals surface area contributed by atoms with Gasteiger partial charge in [-0.25, -0.2) is 14.6 Å². The van der Waals surface area contributed by atoms with E-state index in [2.05, 4.69) is 14.7 Å². The number of carboxylic acids is 1. The lowest BCUT2D eigenvalue weighted by molar-refractivity contribution is 0.0576. The third kappa shape index (κ3) is 3.34. The van der Waals surface area contributed by atoms with Gasteiger partial charge >= 0.3 is 11.9 Å². The van der Waals surface area contributed by atoms with Crippen LogP contribution < -0.4 is 0 Å². The summed E-state index contributed by atoms with van der Waals surface area (Å²) in [6.45, 7) is 0. The van der Waals surface area contributed by atoms with Gasteiger partial charge in [-0.15, -0.1) is 0 Å². The summed E-state index contributed by atoms with van der Waals surface area (Å²) in [6.07, 6.45) is 0.205. The molecule has 0 aliphatic heterocycles. The molecule has 0 atom stereocenters. The molecular weight excluding hydrogens is 319 g/mol. The minimum absolute atomic E-state index is 0.205. The maximum absolute atomic E-state index is 11.5. The Morgan fingerprint density at radius 1 is 1.38 bits per heavy atom. The number of benzene rings is 1. The van der Waals surface area contributed by atoms with Gasteiger partial charge in [0.2, 0.25) is 0 Å². The molecule has 0 saturated heterocycles. The average molecular weight is 329 g/mol. The van der Waals surface area contributed by atoms with E-state index in [0.29, 0.717) is 15.6 Å². The van der Waals surface area contributed by atoms with Crippen molar-refractivity contribution in [1.82, 2.24) is 9.97 Å². The number of hydrogen-bond donors (Lipinski definition) is 2. The fourth-order valence-electron chi connectivity index (χ4n) is 1.77. The molecule has 0 radical (unpaired) electrons. The van der Waals surface area contributed by atoms with E-state index in [1.54, 1.807) is 18.2 Å². The summed E-state index contributed by atoms with van der Waals surface area (Å²) in [5, 5.41) is 10.0. The number of halogens is 2. The van der Waals surface area contributed by atoms with Crippen LogP contribution in [0.3, 0.4) is 0 Å². The number of rotatable bonds is 4. The van der Waals surface area contributed by atoms with Crippen LogP contribution in [-0.4, -0.2) is 34.1 Å². The highest BCUT2D eigenvalue weighted by molar-refractivity contribution is 6.33. The van der Waals surface area contributed by atoms with E-state index in [9.17, 15) is 9.59 Å². The van der Waals surface area contributed by atoms with Crippen LogP contribution in [0.4, 0.5) is 0 Å². The molecule has 0 aliphatic carbocycles. The fraction of sp³-hybridized carbons (Fsp3) is 0.154. The number of carbonyl (C=O) groups excluding carboxylic acids is 1. The van der Waals surface area contributed by atoms with Crippen LogP contribution in [0.5, 0.6) is 0 Å². The van der Waals surface area contributed by atoms with Gasteiger partial charge in [0.25, 0.3) is 0 Å². The van der Waals surface area contributed by atoms with Gasteiger partial charge in [-0.3, -0.25) is 0 Å². The zero-order valence-corrected chi connectivity index (χ0v) is 12.3. The summed E-state index contributed by atoms with van der Waals surface area (Å²) in [6, 6.07) is 4.91. The SMILES string of the molecule is COC(=O)c1[nH]c(Cc2cc(Cl)ccc2Cl)nc1C(=O)O. The Kier molecular flexibility index (Phi) is 4.50. The number of carbonyl (C=O) groups is 2. The Labute approximate surface area is 129 Å². The summed E-state index contributed by atoms with van der Waals surface area (Å²) in [5.41, 5.74) is 0.0550. The molecule has 0 bridgehead atoms. The molecule has 21 heavy (non-hydrogen) atoms. The molecule has 110 valence electrons. The number of aromatic carboxylic acids is 1. The number of imidazole rings is 1. The summed E-state index contributed by atoms with van der Waals surface area (Å²) in [5.74, 6) is -1.85. The predicted molar refractivity (Wildman–Crippen MR) is 76.2 cm³/mol. The smallest absolute Gasteiger partial charge is 0.357 e. The molecule has 0 fully saturated rings. The van der Waals surface area contributed by atoms with E-state index < -0.39 is 17.6 Å². The van der Waals surface area contributed by atoms with Crippen molar-refractivity contribution in [2.45, 2.75) is 6.42 Å². The van der Waals surface area contributed by atoms with Gasteiger partial charge in [-0.1, -0.05) is 23.2 Å². The Morgan fingerprint density at radius 2 is 2.10 bits per heavy atom. The fourth-order valence-corrected chi connectivity index (χ4v) is 2.15. The number of nitrogens with zero attached hydrogens (tertiary/aromatic N) is 1. The molecule has 0 saturated carbocycles. The van der Waals surface area contributed by atoms with E-state index in [1.807, 2.05) is 0 Å². The van der Waals surface area contributed by atoms with Crippen LogP contribution in [0.1, 0.15) is 32.4 Å². The number of aromatic amines is 1. The lowest BCUT2D eigenvalue weighted by atomic mass is 10.1. The minimum atomic E-state index is -1.32. The van der Waals surface area contributed by atoms with Gasteiger partial charge in [-0.05, 0) is 23.8 Å². The highest BCUT2D eigenvalue weighted by Crippen LogP contribution is 2.23. The van der Waals surface area contributed by atoms with E-state index in [0.717, 1.165) is 7.11 Å². The number of H-pyrrole nitrogens is 1. The maximum atomic E-state index is 11.5. The third-order valence-corrected chi connectivity index (χ3v) is 3.31. The molecular formula is C13H10Cl2N2O4. The molecule has 2 aromatic rings. The second kappa shape index (κ2) is 6.15. The van der Waals surface area contributed by atoms with Crippen LogP contribution in [0, 0.1) is 0 Å².